The highest BCUT2D eigenvalue weighted by atomic mass is 16.5. The first kappa shape index (κ1) is 13.4. The molecule has 1 fully saturated rings. The van der Waals surface area contributed by atoms with E-state index in [9.17, 15) is 9.59 Å². The Labute approximate surface area is 112 Å². The third-order valence-corrected chi connectivity index (χ3v) is 3.20. The molecule has 5 nitrogen and oxygen atoms in total. The van der Waals surface area contributed by atoms with E-state index in [-0.39, 0.29) is 24.2 Å². The molecule has 0 spiro atoms. The molecule has 1 aliphatic heterocycles. The van der Waals surface area contributed by atoms with E-state index < -0.39 is 0 Å². The van der Waals surface area contributed by atoms with Gasteiger partial charge in [0.1, 0.15) is 5.75 Å². The van der Waals surface area contributed by atoms with Gasteiger partial charge in [0.2, 0.25) is 11.8 Å². The average Bonchev–Trinajstić information content (AvgIpc) is 2.81. The van der Waals surface area contributed by atoms with Gasteiger partial charge >= 0.3 is 0 Å². The van der Waals surface area contributed by atoms with Gasteiger partial charge in [-0.1, -0.05) is 12.1 Å². The number of hydrogen-bond acceptors (Lipinski definition) is 3. The van der Waals surface area contributed by atoms with Gasteiger partial charge in [-0.15, -0.1) is 0 Å². The van der Waals surface area contributed by atoms with Crippen LogP contribution in [0, 0.1) is 5.92 Å². The van der Waals surface area contributed by atoms with E-state index in [4.69, 9.17) is 4.74 Å². The molecule has 1 heterocycles. The summed E-state index contributed by atoms with van der Waals surface area (Å²) in [6, 6.07) is 7.40. The second kappa shape index (κ2) is 5.73. The molecule has 0 bridgehead atoms. The Morgan fingerprint density at radius 3 is 2.89 bits per heavy atom. The van der Waals surface area contributed by atoms with Crippen molar-refractivity contribution in [3.8, 4) is 5.75 Å². The van der Waals surface area contributed by atoms with Crippen molar-refractivity contribution >= 4 is 17.5 Å². The Hall–Kier alpha value is -2.04. The van der Waals surface area contributed by atoms with E-state index in [1.165, 1.54) is 0 Å². The van der Waals surface area contributed by atoms with Crippen LogP contribution in [-0.2, 0) is 9.59 Å². The quantitative estimate of drug-likeness (QED) is 0.886. The van der Waals surface area contributed by atoms with Crippen LogP contribution in [0.15, 0.2) is 24.3 Å². The summed E-state index contributed by atoms with van der Waals surface area (Å²) in [6.07, 6.45) is 0.250. The fourth-order valence-corrected chi connectivity index (χ4v) is 2.28. The number of nitrogens with one attached hydrogen (secondary N) is 1. The number of para-hydroxylation sites is 2. The van der Waals surface area contributed by atoms with Crippen LogP contribution in [0.5, 0.6) is 5.75 Å². The summed E-state index contributed by atoms with van der Waals surface area (Å²) in [5.74, 6) is 0.258. The lowest BCUT2D eigenvalue weighted by atomic mass is 10.1. The number of nitrogens with zero attached hydrogens (tertiary/aromatic N) is 1. The molecular weight excluding hydrogens is 244 g/mol. The van der Waals surface area contributed by atoms with Gasteiger partial charge in [0.15, 0.2) is 0 Å². The standard InChI is InChI=1S/C14H18N2O3/c1-3-19-12-7-5-4-6-11(12)16-9-10(8-13(16)17)14(18)15-2/h4-7,10H,3,8-9H2,1-2H3,(H,15,18). The first-order valence-electron chi connectivity index (χ1n) is 6.41. The topological polar surface area (TPSA) is 58.6 Å². The molecule has 0 aliphatic carbocycles. The third kappa shape index (κ3) is 2.70. The monoisotopic (exact) mass is 262 g/mol. The molecule has 2 amide bonds. The molecule has 0 radical (unpaired) electrons. The van der Waals surface area contributed by atoms with Gasteiger partial charge in [-0.05, 0) is 19.1 Å². The number of amides is 2. The van der Waals surface area contributed by atoms with Crippen LogP contribution in [0.3, 0.4) is 0 Å². The molecule has 19 heavy (non-hydrogen) atoms. The highest BCUT2D eigenvalue weighted by Crippen LogP contribution is 2.32. The van der Waals surface area contributed by atoms with Crippen LogP contribution >= 0.6 is 0 Å². The Balaban J connectivity index is 2.23. The predicted molar refractivity (Wildman–Crippen MR) is 72.1 cm³/mol. The van der Waals surface area contributed by atoms with Crippen molar-refractivity contribution in [3.05, 3.63) is 24.3 Å². The highest BCUT2D eigenvalue weighted by molar-refractivity contribution is 6.01. The smallest absolute Gasteiger partial charge is 0.227 e. The van der Waals surface area contributed by atoms with Crippen LogP contribution in [-0.4, -0.2) is 32.0 Å². The summed E-state index contributed by atoms with van der Waals surface area (Å²) in [4.78, 5) is 25.3. The summed E-state index contributed by atoms with van der Waals surface area (Å²) in [5, 5.41) is 2.59. The minimum Gasteiger partial charge on any atom is -0.492 e. The van der Waals surface area contributed by atoms with Crippen molar-refractivity contribution < 1.29 is 14.3 Å². The zero-order valence-electron chi connectivity index (χ0n) is 11.2. The van der Waals surface area contributed by atoms with Crippen LogP contribution in [0.2, 0.25) is 0 Å². The minimum absolute atomic E-state index is 0.0410. The predicted octanol–water partition coefficient (Wildman–Crippen LogP) is 1.18. The molecule has 0 saturated carbocycles. The summed E-state index contributed by atoms with van der Waals surface area (Å²) in [5.41, 5.74) is 0.737. The average molecular weight is 262 g/mol. The van der Waals surface area contributed by atoms with E-state index in [1.54, 1.807) is 11.9 Å². The molecule has 1 aromatic carbocycles. The fraction of sp³-hybridized carbons (Fsp3) is 0.429. The zero-order chi connectivity index (χ0) is 13.8. The molecule has 5 heteroatoms. The van der Waals surface area contributed by atoms with Gasteiger partial charge in [0.25, 0.3) is 0 Å². The van der Waals surface area contributed by atoms with Crippen LogP contribution in [0.1, 0.15) is 13.3 Å². The number of hydrogen-bond donors (Lipinski definition) is 1. The lowest BCUT2D eigenvalue weighted by Crippen LogP contribution is -2.30. The van der Waals surface area contributed by atoms with Gasteiger partial charge in [0.05, 0.1) is 18.2 Å². The van der Waals surface area contributed by atoms with E-state index >= 15 is 0 Å². The van der Waals surface area contributed by atoms with Gasteiger partial charge in [-0.3, -0.25) is 9.59 Å². The minimum atomic E-state index is -0.285. The first-order chi connectivity index (χ1) is 9.17. The summed E-state index contributed by atoms with van der Waals surface area (Å²) < 4.78 is 5.53. The Bertz CT molecular complexity index is 487. The van der Waals surface area contributed by atoms with Gasteiger partial charge in [0, 0.05) is 20.0 Å². The second-order valence-corrected chi connectivity index (χ2v) is 4.42. The van der Waals surface area contributed by atoms with Crippen molar-refractivity contribution in [2.75, 3.05) is 25.1 Å². The molecule has 102 valence electrons. The first-order valence-corrected chi connectivity index (χ1v) is 6.41. The molecule has 2 rings (SSSR count). The summed E-state index contributed by atoms with van der Waals surface area (Å²) in [6.45, 7) is 2.84. The Morgan fingerprint density at radius 2 is 2.21 bits per heavy atom. The van der Waals surface area contributed by atoms with Crippen molar-refractivity contribution in [2.45, 2.75) is 13.3 Å². The Kier molecular flexibility index (Phi) is 4.04. The number of carbonyl (C=O) groups is 2. The number of ether oxygens (including phenoxy) is 1. The van der Waals surface area contributed by atoms with Crippen LogP contribution in [0.25, 0.3) is 0 Å². The maximum atomic E-state index is 12.1. The van der Waals surface area contributed by atoms with E-state index in [2.05, 4.69) is 5.32 Å². The van der Waals surface area contributed by atoms with Crippen molar-refractivity contribution in [1.82, 2.24) is 5.32 Å². The van der Waals surface area contributed by atoms with Crippen LogP contribution < -0.4 is 15.0 Å². The van der Waals surface area contributed by atoms with E-state index in [1.807, 2.05) is 31.2 Å². The number of carbonyl (C=O) groups excluding carboxylic acids is 2. The van der Waals surface area contributed by atoms with Gasteiger partial charge < -0.3 is 15.0 Å². The maximum Gasteiger partial charge on any atom is 0.227 e. The molecule has 1 unspecified atom stereocenters. The summed E-state index contributed by atoms with van der Waals surface area (Å²) in [7, 11) is 1.59. The van der Waals surface area contributed by atoms with Gasteiger partial charge in [-0.25, -0.2) is 0 Å². The maximum absolute atomic E-state index is 12.1. The Morgan fingerprint density at radius 1 is 1.47 bits per heavy atom. The second-order valence-electron chi connectivity index (χ2n) is 4.42. The van der Waals surface area contributed by atoms with Gasteiger partial charge in [-0.2, -0.15) is 0 Å². The number of anilines is 1. The van der Waals surface area contributed by atoms with Crippen LogP contribution in [0.4, 0.5) is 5.69 Å². The van der Waals surface area contributed by atoms with Crippen molar-refractivity contribution in [3.63, 3.8) is 0 Å². The molecular formula is C14H18N2O3. The number of benzene rings is 1. The largest absolute Gasteiger partial charge is 0.492 e. The molecule has 1 saturated heterocycles. The molecule has 1 atom stereocenters. The zero-order valence-corrected chi connectivity index (χ0v) is 11.2. The van der Waals surface area contributed by atoms with E-state index in [0.717, 1.165) is 5.69 Å². The molecule has 1 aliphatic rings. The SMILES string of the molecule is CCOc1ccccc1N1CC(C(=O)NC)CC1=O. The molecule has 1 N–H and O–H groups in total. The lowest BCUT2D eigenvalue weighted by Gasteiger charge is -2.19. The molecule has 1 aromatic rings. The summed E-state index contributed by atoms with van der Waals surface area (Å²) >= 11 is 0. The fourth-order valence-electron chi connectivity index (χ4n) is 2.28. The third-order valence-electron chi connectivity index (χ3n) is 3.20. The number of rotatable bonds is 4. The highest BCUT2D eigenvalue weighted by Gasteiger charge is 2.35. The normalized spacial score (nSPS) is 18.5. The van der Waals surface area contributed by atoms with E-state index in [0.29, 0.717) is 18.9 Å². The molecule has 0 aromatic heterocycles. The van der Waals surface area contributed by atoms with Crippen molar-refractivity contribution in [2.24, 2.45) is 5.92 Å². The lowest BCUT2D eigenvalue weighted by molar-refractivity contribution is -0.125. The van der Waals surface area contributed by atoms with Crippen molar-refractivity contribution in [1.29, 1.82) is 0 Å².